The van der Waals surface area contributed by atoms with E-state index >= 15 is 0 Å². The minimum absolute atomic E-state index is 0.241. The van der Waals surface area contributed by atoms with Crippen LogP contribution < -0.4 is 5.73 Å². The highest BCUT2D eigenvalue weighted by molar-refractivity contribution is 5.87. The minimum atomic E-state index is -1.05. The number of hydrogen-bond donors (Lipinski definition) is 1. The lowest BCUT2D eigenvalue weighted by Gasteiger charge is -2.09. The third-order valence-electron chi connectivity index (χ3n) is 1.85. The van der Waals surface area contributed by atoms with Crippen molar-refractivity contribution in [3.05, 3.63) is 12.2 Å². The van der Waals surface area contributed by atoms with E-state index in [9.17, 15) is 9.59 Å². The molecule has 0 aliphatic heterocycles. The van der Waals surface area contributed by atoms with Crippen molar-refractivity contribution in [1.29, 1.82) is 0 Å². The predicted octanol–water partition coefficient (Wildman–Crippen LogP) is 0.762. The van der Waals surface area contributed by atoms with Gasteiger partial charge in [-0.25, -0.2) is 9.59 Å². The Bertz CT molecular complexity index is 336. The molecule has 6 nitrogen and oxygen atoms in total. The lowest BCUT2D eigenvalue weighted by atomic mass is 10.3. The second-order valence-electron chi connectivity index (χ2n) is 3.58. The van der Waals surface area contributed by atoms with Crippen LogP contribution in [0.15, 0.2) is 17.3 Å². The van der Waals surface area contributed by atoms with E-state index in [1.807, 2.05) is 6.92 Å². The molecule has 17 heavy (non-hydrogen) atoms. The van der Waals surface area contributed by atoms with Gasteiger partial charge in [-0.1, -0.05) is 18.7 Å². The van der Waals surface area contributed by atoms with Gasteiger partial charge in [-0.3, -0.25) is 0 Å². The predicted molar refractivity (Wildman–Crippen MR) is 63.2 cm³/mol. The summed E-state index contributed by atoms with van der Waals surface area (Å²) in [5, 5.41) is 3.55. The van der Waals surface area contributed by atoms with Gasteiger partial charge < -0.3 is 15.3 Å². The Morgan fingerprint density at radius 2 is 2.00 bits per heavy atom. The molecular weight excluding hydrogens is 224 g/mol. The number of ether oxygens (including phenoxy) is 1. The number of oxime groups is 1. The largest absolute Gasteiger partial charge is 0.460 e. The maximum atomic E-state index is 11.3. The molecule has 1 atom stereocenters. The van der Waals surface area contributed by atoms with Gasteiger partial charge in [-0.05, 0) is 20.3 Å². The smallest absolute Gasteiger partial charge is 0.355 e. The molecule has 0 bridgehead atoms. The van der Waals surface area contributed by atoms with E-state index in [1.54, 1.807) is 6.92 Å². The molecule has 1 unspecified atom stereocenters. The third kappa shape index (κ3) is 6.47. The summed E-state index contributed by atoms with van der Waals surface area (Å²) < 4.78 is 4.71. The van der Waals surface area contributed by atoms with Crippen LogP contribution in [0, 0.1) is 0 Å². The summed E-state index contributed by atoms with van der Waals surface area (Å²) in [5.74, 6) is -1.34. The standard InChI is InChI=1S/C11H18N2O4/c1-5-8(4)13-17-11(15)9(12)6-16-10(14)7(2)3/h9H,2,5-6,12H2,1,3-4H3. The molecule has 0 aromatic carbocycles. The van der Waals surface area contributed by atoms with Gasteiger partial charge in [-0.15, -0.1) is 0 Å². The molecule has 0 heterocycles. The van der Waals surface area contributed by atoms with Crippen LogP contribution in [0.3, 0.4) is 0 Å². The summed E-state index contributed by atoms with van der Waals surface area (Å²) in [4.78, 5) is 26.9. The molecule has 0 aromatic rings. The highest BCUT2D eigenvalue weighted by Gasteiger charge is 2.18. The minimum Gasteiger partial charge on any atom is -0.460 e. The Morgan fingerprint density at radius 3 is 2.47 bits per heavy atom. The van der Waals surface area contributed by atoms with Gasteiger partial charge >= 0.3 is 11.9 Å². The molecule has 0 spiro atoms. The first-order valence-electron chi connectivity index (χ1n) is 5.21. The van der Waals surface area contributed by atoms with E-state index in [-0.39, 0.29) is 12.2 Å². The van der Waals surface area contributed by atoms with E-state index < -0.39 is 18.0 Å². The zero-order chi connectivity index (χ0) is 13.4. The van der Waals surface area contributed by atoms with E-state index in [1.165, 1.54) is 6.92 Å². The number of carbonyl (C=O) groups is 2. The van der Waals surface area contributed by atoms with Crippen LogP contribution in [0.25, 0.3) is 0 Å². The van der Waals surface area contributed by atoms with Crippen molar-refractivity contribution in [1.82, 2.24) is 0 Å². The van der Waals surface area contributed by atoms with Crippen molar-refractivity contribution >= 4 is 17.7 Å². The Labute approximate surface area is 100 Å². The fourth-order valence-electron chi connectivity index (χ4n) is 0.612. The van der Waals surface area contributed by atoms with E-state index in [0.717, 1.165) is 0 Å². The maximum absolute atomic E-state index is 11.3. The molecule has 0 amide bonds. The molecule has 0 aliphatic rings. The van der Waals surface area contributed by atoms with Crippen LogP contribution in [0.2, 0.25) is 0 Å². The molecule has 96 valence electrons. The van der Waals surface area contributed by atoms with Crippen molar-refractivity contribution in [3.63, 3.8) is 0 Å². The Hall–Kier alpha value is -1.69. The fraction of sp³-hybridized carbons (Fsp3) is 0.545. The molecule has 0 aromatic heterocycles. The zero-order valence-electron chi connectivity index (χ0n) is 10.4. The SMILES string of the molecule is C=C(C)C(=O)OCC(N)C(=O)ON=C(C)CC. The lowest BCUT2D eigenvalue weighted by molar-refractivity contribution is -0.149. The number of nitrogens with two attached hydrogens (primary N) is 1. The normalized spacial score (nSPS) is 12.8. The monoisotopic (exact) mass is 242 g/mol. The van der Waals surface area contributed by atoms with Gasteiger partial charge in [0, 0.05) is 5.57 Å². The molecule has 6 heteroatoms. The summed E-state index contributed by atoms with van der Waals surface area (Å²) in [6.07, 6.45) is 0.674. The first-order valence-corrected chi connectivity index (χ1v) is 5.21. The molecule has 0 saturated heterocycles. The summed E-state index contributed by atoms with van der Waals surface area (Å²) in [5.41, 5.74) is 6.35. The second kappa shape index (κ2) is 7.56. The Balaban J connectivity index is 4.07. The van der Waals surface area contributed by atoms with Crippen LogP contribution in [0.4, 0.5) is 0 Å². The Morgan fingerprint density at radius 1 is 1.41 bits per heavy atom. The molecule has 0 saturated carbocycles. The molecular formula is C11H18N2O4. The number of carbonyl (C=O) groups excluding carboxylic acids is 2. The van der Waals surface area contributed by atoms with Crippen LogP contribution in [0.1, 0.15) is 27.2 Å². The fourth-order valence-corrected chi connectivity index (χ4v) is 0.612. The summed E-state index contributed by atoms with van der Waals surface area (Å²) in [6, 6.07) is -1.05. The summed E-state index contributed by atoms with van der Waals surface area (Å²) in [6.45, 7) is 8.24. The van der Waals surface area contributed by atoms with Gasteiger partial charge in [0.1, 0.15) is 12.6 Å². The molecule has 2 N–H and O–H groups in total. The van der Waals surface area contributed by atoms with Crippen molar-refractivity contribution in [3.8, 4) is 0 Å². The number of nitrogens with zero attached hydrogens (tertiary/aromatic N) is 1. The zero-order valence-corrected chi connectivity index (χ0v) is 10.4. The molecule has 0 aliphatic carbocycles. The van der Waals surface area contributed by atoms with E-state index in [4.69, 9.17) is 10.5 Å². The van der Waals surface area contributed by atoms with Crippen molar-refractivity contribution in [2.75, 3.05) is 6.61 Å². The topological polar surface area (TPSA) is 91.0 Å². The molecule has 0 rings (SSSR count). The van der Waals surface area contributed by atoms with Gasteiger partial charge in [-0.2, -0.15) is 0 Å². The highest BCUT2D eigenvalue weighted by atomic mass is 16.7. The maximum Gasteiger partial charge on any atom is 0.355 e. The average molecular weight is 242 g/mol. The summed E-state index contributed by atoms with van der Waals surface area (Å²) >= 11 is 0. The van der Waals surface area contributed by atoms with Crippen LogP contribution in [-0.4, -0.2) is 30.3 Å². The van der Waals surface area contributed by atoms with Crippen LogP contribution >= 0.6 is 0 Å². The van der Waals surface area contributed by atoms with Gasteiger partial charge in [0.15, 0.2) is 0 Å². The number of rotatable bonds is 6. The molecule has 0 fully saturated rings. The van der Waals surface area contributed by atoms with Crippen LogP contribution in [-0.2, 0) is 19.2 Å². The first-order chi connectivity index (χ1) is 7.88. The summed E-state index contributed by atoms with van der Waals surface area (Å²) in [7, 11) is 0. The van der Waals surface area contributed by atoms with Crippen LogP contribution in [0.5, 0.6) is 0 Å². The highest BCUT2D eigenvalue weighted by Crippen LogP contribution is 1.95. The van der Waals surface area contributed by atoms with Crippen molar-refractivity contribution in [2.45, 2.75) is 33.2 Å². The van der Waals surface area contributed by atoms with Gasteiger partial charge in [0.2, 0.25) is 0 Å². The van der Waals surface area contributed by atoms with E-state index in [2.05, 4.69) is 16.6 Å². The average Bonchev–Trinajstić information content (AvgIpc) is 2.31. The first kappa shape index (κ1) is 15.3. The number of esters is 1. The Kier molecular flexibility index (Phi) is 6.81. The van der Waals surface area contributed by atoms with Gasteiger partial charge in [0.25, 0.3) is 0 Å². The quantitative estimate of drug-likeness (QED) is 0.244. The van der Waals surface area contributed by atoms with Crippen molar-refractivity contribution in [2.24, 2.45) is 10.9 Å². The second-order valence-corrected chi connectivity index (χ2v) is 3.58. The molecule has 0 radical (unpaired) electrons. The third-order valence-corrected chi connectivity index (χ3v) is 1.85. The van der Waals surface area contributed by atoms with Crippen molar-refractivity contribution < 1.29 is 19.2 Å². The van der Waals surface area contributed by atoms with E-state index in [0.29, 0.717) is 12.1 Å². The lowest BCUT2D eigenvalue weighted by Crippen LogP contribution is -2.36. The van der Waals surface area contributed by atoms with Gasteiger partial charge in [0.05, 0.1) is 5.71 Å². The number of hydrogen-bond acceptors (Lipinski definition) is 6.